The third kappa shape index (κ3) is 3.54. The molecular formula is C21H27F2N3OS. The van der Waals surface area contributed by atoms with Gasteiger partial charge in [-0.2, -0.15) is 0 Å². The lowest BCUT2D eigenvalue weighted by Gasteiger charge is -2.25. The summed E-state index contributed by atoms with van der Waals surface area (Å²) in [6.45, 7) is 7.95. The predicted octanol–water partition coefficient (Wildman–Crippen LogP) is 6.22. The standard InChI is InChI=1S/C19H21F2N3OS.C2H6/c1-3-19(25,4-2)11-6-5-10-7-13(22-12(10)8-11)16-17-14(23-24-16)9-15(26-17)18(20)21;1-2/h5-9,16,18,22-25H,3-4H2,1-2H3;1-2H3. The lowest BCUT2D eigenvalue weighted by atomic mass is 9.88. The van der Waals surface area contributed by atoms with Gasteiger partial charge in [0.05, 0.1) is 21.0 Å². The number of H-pyrrole nitrogens is 1. The monoisotopic (exact) mass is 407 g/mol. The number of hydrogen-bond acceptors (Lipinski definition) is 4. The molecule has 0 spiro atoms. The number of benzene rings is 1. The van der Waals surface area contributed by atoms with Gasteiger partial charge in [0.25, 0.3) is 6.43 Å². The number of fused-ring (bicyclic) bond motifs is 2. The van der Waals surface area contributed by atoms with Crippen LogP contribution in [-0.2, 0) is 5.60 Å². The van der Waals surface area contributed by atoms with Gasteiger partial charge >= 0.3 is 0 Å². The molecule has 7 heteroatoms. The summed E-state index contributed by atoms with van der Waals surface area (Å²) < 4.78 is 25.9. The molecule has 4 N–H and O–H groups in total. The Kier molecular flexibility index (Phi) is 6.07. The Morgan fingerprint density at radius 2 is 1.86 bits per heavy atom. The lowest BCUT2D eigenvalue weighted by Crippen LogP contribution is -2.23. The average Bonchev–Trinajstić information content (AvgIpc) is 3.41. The van der Waals surface area contributed by atoms with Gasteiger partial charge < -0.3 is 15.5 Å². The number of halogens is 2. The first-order chi connectivity index (χ1) is 13.4. The zero-order valence-electron chi connectivity index (χ0n) is 16.6. The number of aromatic amines is 1. The molecule has 1 aromatic carbocycles. The summed E-state index contributed by atoms with van der Waals surface area (Å²) in [6, 6.07) is 9.25. The largest absolute Gasteiger partial charge is 0.385 e. The van der Waals surface area contributed by atoms with Crippen LogP contribution in [0.1, 0.15) is 74.0 Å². The first kappa shape index (κ1) is 20.8. The van der Waals surface area contributed by atoms with Crippen LogP contribution in [0.4, 0.5) is 14.5 Å². The summed E-state index contributed by atoms with van der Waals surface area (Å²) in [5.41, 5.74) is 8.73. The van der Waals surface area contributed by atoms with Crippen molar-refractivity contribution < 1.29 is 13.9 Å². The van der Waals surface area contributed by atoms with Crippen molar-refractivity contribution in [3.05, 3.63) is 51.3 Å². The smallest absolute Gasteiger partial charge is 0.272 e. The molecule has 1 aliphatic rings. The van der Waals surface area contributed by atoms with Crippen LogP contribution in [0.2, 0.25) is 0 Å². The minimum Gasteiger partial charge on any atom is -0.385 e. The first-order valence-corrected chi connectivity index (χ1v) is 10.6. The van der Waals surface area contributed by atoms with E-state index in [1.54, 1.807) is 0 Å². The zero-order valence-corrected chi connectivity index (χ0v) is 17.4. The number of aromatic nitrogens is 1. The van der Waals surface area contributed by atoms with Crippen LogP contribution < -0.4 is 10.9 Å². The number of hydrazine groups is 1. The molecule has 0 saturated carbocycles. The molecule has 1 unspecified atom stereocenters. The van der Waals surface area contributed by atoms with Crippen LogP contribution in [0.15, 0.2) is 30.3 Å². The van der Waals surface area contributed by atoms with E-state index in [0.29, 0.717) is 18.5 Å². The molecule has 1 aliphatic heterocycles. The summed E-state index contributed by atoms with van der Waals surface area (Å²) >= 11 is 1.12. The number of alkyl halides is 2. The highest BCUT2D eigenvalue weighted by Gasteiger charge is 2.30. The van der Waals surface area contributed by atoms with Crippen molar-refractivity contribution in [2.45, 2.75) is 58.6 Å². The van der Waals surface area contributed by atoms with E-state index in [-0.39, 0.29) is 10.9 Å². The second-order valence-electron chi connectivity index (χ2n) is 6.70. The van der Waals surface area contributed by atoms with Gasteiger partial charge in [-0.3, -0.25) is 0 Å². The van der Waals surface area contributed by atoms with E-state index >= 15 is 0 Å². The molecule has 0 fully saturated rings. The van der Waals surface area contributed by atoms with Gasteiger partial charge in [0.15, 0.2) is 0 Å². The molecular weight excluding hydrogens is 380 g/mol. The minimum absolute atomic E-state index is 0.0725. The second-order valence-corrected chi connectivity index (χ2v) is 7.81. The van der Waals surface area contributed by atoms with Crippen LogP contribution in [0.5, 0.6) is 0 Å². The average molecular weight is 408 g/mol. The molecule has 4 rings (SSSR count). The highest BCUT2D eigenvalue weighted by molar-refractivity contribution is 7.12. The maximum Gasteiger partial charge on any atom is 0.272 e. The first-order valence-electron chi connectivity index (χ1n) is 9.74. The van der Waals surface area contributed by atoms with E-state index in [4.69, 9.17) is 0 Å². The fourth-order valence-electron chi connectivity index (χ4n) is 3.53. The molecule has 0 amide bonds. The Morgan fingerprint density at radius 3 is 2.50 bits per heavy atom. The van der Waals surface area contributed by atoms with Crippen LogP contribution in [0.25, 0.3) is 10.9 Å². The van der Waals surface area contributed by atoms with E-state index < -0.39 is 12.0 Å². The van der Waals surface area contributed by atoms with E-state index in [0.717, 1.165) is 38.4 Å². The number of anilines is 1. The summed E-state index contributed by atoms with van der Waals surface area (Å²) in [4.78, 5) is 4.31. The molecule has 0 radical (unpaired) electrons. The van der Waals surface area contributed by atoms with E-state index in [2.05, 4.69) is 15.8 Å². The Balaban J connectivity index is 0.00000109. The van der Waals surface area contributed by atoms with Gasteiger partial charge in [-0.05, 0) is 42.0 Å². The Hall–Kier alpha value is -1.96. The molecule has 0 saturated heterocycles. The molecule has 0 aliphatic carbocycles. The SMILES string of the molecule is CC.CCC(O)(CC)c1ccc2cc(C3NNc4cc(C(F)F)sc43)[nH]c2c1. The van der Waals surface area contributed by atoms with Crippen molar-refractivity contribution in [3.8, 4) is 0 Å². The Labute approximate surface area is 167 Å². The second kappa shape index (κ2) is 8.19. The number of nitrogens with one attached hydrogen (secondary N) is 3. The van der Waals surface area contributed by atoms with Crippen LogP contribution in [0, 0.1) is 0 Å². The molecule has 1 atom stereocenters. The van der Waals surface area contributed by atoms with Gasteiger partial charge in [-0.25, -0.2) is 14.2 Å². The quantitative estimate of drug-likeness (QED) is 0.406. The van der Waals surface area contributed by atoms with Crippen LogP contribution >= 0.6 is 11.3 Å². The van der Waals surface area contributed by atoms with Crippen molar-refractivity contribution in [2.75, 3.05) is 5.43 Å². The highest BCUT2D eigenvalue weighted by Crippen LogP contribution is 2.43. The number of rotatable bonds is 5. The van der Waals surface area contributed by atoms with Crippen molar-refractivity contribution in [3.63, 3.8) is 0 Å². The Morgan fingerprint density at radius 1 is 1.14 bits per heavy atom. The van der Waals surface area contributed by atoms with Crippen LogP contribution in [0.3, 0.4) is 0 Å². The maximum absolute atomic E-state index is 13.0. The maximum atomic E-state index is 13.0. The van der Waals surface area contributed by atoms with Gasteiger partial charge in [0, 0.05) is 11.2 Å². The van der Waals surface area contributed by atoms with Crippen molar-refractivity contribution in [2.24, 2.45) is 0 Å². The molecule has 3 aromatic rings. The minimum atomic E-state index is -2.46. The van der Waals surface area contributed by atoms with Gasteiger partial charge in [-0.15, -0.1) is 11.3 Å². The summed E-state index contributed by atoms with van der Waals surface area (Å²) in [5, 5.41) is 11.8. The van der Waals surface area contributed by atoms with E-state index in [1.165, 1.54) is 6.07 Å². The fourth-order valence-corrected chi connectivity index (χ4v) is 4.58. The van der Waals surface area contributed by atoms with E-state index in [9.17, 15) is 13.9 Å². The van der Waals surface area contributed by atoms with Crippen LogP contribution in [-0.4, -0.2) is 10.1 Å². The Bertz CT molecular complexity index is 946. The highest BCUT2D eigenvalue weighted by atomic mass is 32.1. The zero-order chi connectivity index (χ0) is 20.5. The number of aliphatic hydroxyl groups is 1. The fraction of sp³-hybridized carbons (Fsp3) is 0.429. The normalized spacial score (nSPS) is 16.1. The topological polar surface area (TPSA) is 60.1 Å². The molecule has 4 nitrogen and oxygen atoms in total. The van der Waals surface area contributed by atoms with Gasteiger partial charge in [0.1, 0.15) is 6.04 Å². The van der Waals surface area contributed by atoms with Crippen molar-refractivity contribution in [1.82, 2.24) is 10.4 Å². The molecule has 0 bridgehead atoms. The van der Waals surface area contributed by atoms with Crippen molar-refractivity contribution in [1.29, 1.82) is 0 Å². The number of thiophene rings is 1. The molecule has 28 heavy (non-hydrogen) atoms. The predicted molar refractivity (Wildman–Crippen MR) is 112 cm³/mol. The van der Waals surface area contributed by atoms with E-state index in [1.807, 2.05) is 52.0 Å². The lowest BCUT2D eigenvalue weighted by molar-refractivity contribution is 0.0285. The number of hydrogen-bond donors (Lipinski definition) is 4. The third-order valence-electron chi connectivity index (χ3n) is 5.27. The van der Waals surface area contributed by atoms with Gasteiger partial charge in [0.2, 0.25) is 0 Å². The van der Waals surface area contributed by atoms with Crippen molar-refractivity contribution >= 4 is 27.9 Å². The molecule has 3 heterocycles. The van der Waals surface area contributed by atoms with Gasteiger partial charge in [-0.1, -0.05) is 39.8 Å². The summed E-state index contributed by atoms with van der Waals surface area (Å²) in [6.07, 6.45) is -1.17. The molecule has 2 aromatic heterocycles. The third-order valence-corrected chi connectivity index (χ3v) is 6.48. The summed E-state index contributed by atoms with van der Waals surface area (Å²) in [7, 11) is 0. The summed E-state index contributed by atoms with van der Waals surface area (Å²) in [5.74, 6) is 0. The molecule has 152 valence electrons.